The minimum atomic E-state index is 0.350. The summed E-state index contributed by atoms with van der Waals surface area (Å²) in [4.78, 5) is 0. The van der Waals surface area contributed by atoms with E-state index < -0.39 is 0 Å². The number of aromatic nitrogens is 4. The number of hydrogen-bond donors (Lipinski definition) is 1. The molecule has 1 aromatic heterocycles. The van der Waals surface area contributed by atoms with Gasteiger partial charge in [0.15, 0.2) is 5.71 Å². The van der Waals surface area contributed by atoms with Crippen molar-refractivity contribution in [2.45, 2.75) is 0 Å². The van der Waals surface area contributed by atoms with E-state index in [0.717, 1.165) is 5.56 Å². The van der Waals surface area contributed by atoms with Gasteiger partial charge in [-0.25, -0.2) is 4.68 Å². The molecule has 0 fully saturated rings. The predicted octanol–water partition coefficient (Wildman–Crippen LogP) is 0.437. The van der Waals surface area contributed by atoms with E-state index in [2.05, 4.69) is 20.7 Å². The fourth-order valence-corrected chi connectivity index (χ4v) is 1.26. The number of oxime groups is 1. The smallest absolute Gasteiger partial charge is 0.204 e. The molecule has 0 aliphatic carbocycles. The Bertz CT molecular complexity index is 476. The Hall–Kier alpha value is -2.24. The van der Waals surface area contributed by atoms with Crippen molar-refractivity contribution in [3.8, 4) is 0 Å². The molecule has 0 bridgehead atoms. The molecule has 6 heteroatoms. The third-order valence-corrected chi connectivity index (χ3v) is 1.98. The van der Waals surface area contributed by atoms with Crippen LogP contribution in [0, 0.1) is 0 Å². The van der Waals surface area contributed by atoms with Crippen molar-refractivity contribution in [1.29, 1.82) is 0 Å². The molecule has 0 spiro atoms. The second kappa shape index (κ2) is 3.87. The largest absolute Gasteiger partial charge is 0.410 e. The standard InChI is InChI=1S/C9H9N5O/c1-14-9(10-12-13-14)8(11-15)7-5-3-2-4-6-7/h2-6,15H,1H3/b11-8+. The summed E-state index contributed by atoms with van der Waals surface area (Å²) in [6.07, 6.45) is 0. The van der Waals surface area contributed by atoms with Crippen LogP contribution in [0.4, 0.5) is 0 Å². The van der Waals surface area contributed by atoms with Crippen LogP contribution in [0.1, 0.15) is 11.4 Å². The monoisotopic (exact) mass is 203 g/mol. The average Bonchev–Trinajstić information content (AvgIpc) is 2.68. The third-order valence-electron chi connectivity index (χ3n) is 1.98. The Labute approximate surface area is 85.8 Å². The Morgan fingerprint density at radius 2 is 2.07 bits per heavy atom. The maximum Gasteiger partial charge on any atom is 0.204 e. The normalized spacial score (nSPS) is 11.7. The number of aryl methyl sites for hydroxylation is 1. The van der Waals surface area contributed by atoms with Crippen LogP contribution in [0.5, 0.6) is 0 Å². The minimum Gasteiger partial charge on any atom is -0.410 e. The van der Waals surface area contributed by atoms with Gasteiger partial charge in [-0.3, -0.25) is 0 Å². The lowest BCUT2D eigenvalue weighted by Crippen LogP contribution is -2.11. The first-order chi connectivity index (χ1) is 7.33. The molecule has 1 N–H and O–H groups in total. The highest BCUT2D eigenvalue weighted by atomic mass is 16.4. The van der Waals surface area contributed by atoms with Gasteiger partial charge in [0.2, 0.25) is 5.82 Å². The summed E-state index contributed by atoms with van der Waals surface area (Å²) in [5, 5.41) is 23.1. The summed E-state index contributed by atoms with van der Waals surface area (Å²) in [6.45, 7) is 0. The first-order valence-electron chi connectivity index (χ1n) is 4.33. The van der Waals surface area contributed by atoms with Gasteiger partial charge in [-0.1, -0.05) is 35.5 Å². The van der Waals surface area contributed by atoms with Crippen molar-refractivity contribution in [1.82, 2.24) is 20.2 Å². The van der Waals surface area contributed by atoms with Crippen LogP contribution in [0.3, 0.4) is 0 Å². The van der Waals surface area contributed by atoms with Crippen LogP contribution in [0.2, 0.25) is 0 Å². The highest BCUT2D eigenvalue weighted by molar-refractivity contribution is 6.10. The van der Waals surface area contributed by atoms with Gasteiger partial charge in [-0.15, -0.1) is 5.10 Å². The van der Waals surface area contributed by atoms with Gasteiger partial charge in [0.05, 0.1) is 0 Å². The van der Waals surface area contributed by atoms with Gasteiger partial charge in [-0.05, 0) is 10.4 Å². The molecule has 0 unspecified atom stereocenters. The van der Waals surface area contributed by atoms with Crippen LogP contribution in [0.15, 0.2) is 35.5 Å². The molecule has 0 amide bonds. The van der Waals surface area contributed by atoms with Gasteiger partial charge < -0.3 is 5.21 Å². The van der Waals surface area contributed by atoms with E-state index in [1.165, 1.54) is 4.68 Å². The molecule has 1 aromatic carbocycles. The van der Waals surface area contributed by atoms with Gasteiger partial charge >= 0.3 is 0 Å². The SMILES string of the molecule is Cn1nnnc1/C(=N/O)c1ccccc1. The molecule has 76 valence electrons. The molecule has 0 radical (unpaired) electrons. The number of nitrogens with zero attached hydrogens (tertiary/aromatic N) is 5. The van der Waals surface area contributed by atoms with Crippen LogP contribution in [-0.2, 0) is 7.05 Å². The molecule has 0 atom stereocenters. The van der Waals surface area contributed by atoms with Crippen molar-refractivity contribution in [2.24, 2.45) is 12.2 Å². The first-order valence-corrected chi connectivity index (χ1v) is 4.33. The molecule has 15 heavy (non-hydrogen) atoms. The van der Waals surface area contributed by atoms with E-state index >= 15 is 0 Å². The lowest BCUT2D eigenvalue weighted by Gasteiger charge is -2.01. The summed E-state index contributed by atoms with van der Waals surface area (Å²) in [7, 11) is 1.68. The Balaban J connectivity index is 2.48. The minimum absolute atomic E-state index is 0.350. The molecule has 0 aliphatic rings. The van der Waals surface area contributed by atoms with E-state index in [1.807, 2.05) is 30.3 Å². The number of tetrazole rings is 1. The van der Waals surface area contributed by atoms with E-state index in [4.69, 9.17) is 5.21 Å². The predicted molar refractivity (Wildman–Crippen MR) is 52.7 cm³/mol. The number of rotatable bonds is 2. The molecule has 1 heterocycles. The molecule has 2 aromatic rings. The molecule has 0 saturated carbocycles. The molecular formula is C9H9N5O. The van der Waals surface area contributed by atoms with E-state index in [-0.39, 0.29) is 0 Å². The fourth-order valence-electron chi connectivity index (χ4n) is 1.26. The zero-order valence-corrected chi connectivity index (χ0v) is 8.07. The highest BCUT2D eigenvalue weighted by Gasteiger charge is 2.13. The van der Waals surface area contributed by atoms with Gasteiger partial charge in [0.1, 0.15) is 0 Å². The van der Waals surface area contributed by atoms with Crippen molar-refractivity contribution in [3.05, 3.63) is 41.7 Å². The van der Waals surface area contributed by atoms with Crippen LogP contribution >= 0.6 is 0 Å². The number of hydrogen-bond acceptors (Lipinski definition) is 5. The van der Waals surface area contributed by atoms with E-state index in [9.17, 15) is 0 Å². The second-order valence-electron chi connectivity index (χ2n) is 2.94. The molecule has 6 nitrogen and oxygen atoms in total. The summed E-state index contributed by atoms with van der Waals surface area (Å²) < 4.78 is 1.45. The Kier molecular flexibility index (Phi) is 2.40. The van der Waals surface area contributed by atoms with E-state index in [1.54, 1.807) is 7.05 Å². The van der Waals surface area contributed by atoms with Gasteiger partial charge in [-0.2, -0.15) is 0 Å². The topological polar surface area (TPSA) is 76.2 Å². The molecule has 0 saturated heterocycles. The Morgan fingerprint density at radius 1 is 1.33 bits per heavy atom. The van der Waals surface area contributed by atoms with E-state index in [0.29, 0.717) is 11.5 Å². The van der Waals surface area contributed by atoms with Gasteiger partial charge in [0, 0.05) is 12.6 Å². The second-order valence-corrected chi connectivity index (χ2v) is 2.94. The quantitative estimate of drug-likeness (QED) is 0.436. The van der Waals surface area contributed by atoms with Crippen molar-refractivity contribution in [3.63, 3.8) is 0 Å². The first kappa shape index (κ1) is 9.32. The highest BCUT2D eigenvalue weighted by Crippen LogP contribution is 2.06. The van der Waals surface area contributed by atoms with Gasteiger partial charge in [0.25, 0.3) is 0 Å². The van der Waals surface area contributed by atoms with Crippen molar-refractivity contribution >= 4 is 5.71 Å². The fraction of sp³-hybridized carbons (Fsp3) is 0.111. The summed E-state index contributed by atoms with van der Waals surface area (Å²) in [5.41, 5.74) is 1.11. The van der Waals surface area contributed by atoms with Crippen LogP contribution in [0.25, 0.3) is 0 Å². The molecule has 2 rings (SSSR count). The molecule has 0 aliphatic heterocycles. The average molecular weight is 203 g/mol. The summed E-state index contributed by atoms with van der Waals surface area (Å²) in [5.74, 6) is 0.420. The van der Waals surface area contributed by atoms with Crippen LogP contribution < -0.4 is 0 Å². The van der Waals surface area contributed by atoms with Crippen LogP contribution in [-0.4, -0.2) is 31.1 Å². The maximum absolute atomic E-state index is 8.95. The Morgan fingerprint density at radius 3 is 2.60 bits per heavy atom. The number of benzene rings is 1. The lowest BCUT2D eigenvalue weighted by atomic mass is 10.1. The lowest BCUT2D eigenvalue weighted by molar-refractivity contribution is 0.319. The third kappa shape index (κ3) is 1.69. The zero-order chi connectivity index (χ0) is 10.7. The zero-order valence-electron chi connectivity index (χ0n) is 8.07. The van der Waals surface area contributed by atoms with Crippen molar-refractivity contribution < 1.29 is 5.21 Å². The van der Waals surface area contributed by atoms with Crippen molar-refractivity contribution in [2.75, 3.05) is 0 Å². The molecular weight excluding hydrogens is 194 g/mol. The summed E-state index contributed by atoms with van der Waals surface area (Å²) >= 11 is 0. The summed E-state index contributed by atoms with van der Waals surface area (Å²) in [6, 6.07) is 9.23. The maximum atomic E-state index is 8.95.